The van der Waals surface area contributed by atoms with Crippen LogP contribution in [0.25, 0.3) is 0 Å². The molecule has 0 spiro atoms. The normalized spacial score (nSPS) is 27.6. The minimum Gasteiger partial charge on any atom is -0.299 e. The largest absolute Gasteiger partial charge is 0.299 e. The van der Waals surface area contributed by atoms with Gasteiger partial charge in [-0.2, -0.15) is 0 Å². The zero-order valence-corrected chi connectivity index (χ0v) is 10.0. The van der Waals surface area contributed by atoms with Crippen molar-refractivity contribution >= 4 is 5.78 Å². The van der Waals surface area contributed by atoms with Crippen molar-refractivity contribution in [2.24, 2.45) is 23.7 Å². The first-order chi connectivity index (χ1) is 6.50. The Morgan fingerprint density at radius 2 is 1.86 bits per heavy atom. The smallest absolute Gasteiger partial charge is 0.136 e. The van der Waals surface area contributed by atoms with Crippen LogP contribution in [0.4, 0.5) is 0 Å². The summed E-state index contributed by atoms with van der Waals surface area (Å²) in [6.45, 7) is 8.82. The summed E-state index contributed by atoms with van der Waals surface area (Å²) in [7, 11) is 0. The summed E-state index contributed by atoms with van der Waals surface area (Å²) in [6, 6.07) is 0. The lowest BCUT2D eigenvalue weighted by molar-refractivity contribution is -0.123. The highest BCUT2D eigenvalue weighted by Crippen LogP contribution is 2.36. The minimum absolute atomic E-state index is 0.393. The molecule has 0 saturated heterocycles. The fourth-order valence-corrected chi connectivity index (χ4v) is 2.48. The van der Waals surface area contributed by atoms with Crippen molar-refractivity contribution in [3.05, 3.63) is 0 Å². The number of rotatable bonds is 4. The maximum atomic E-state index is 11.8. The molecule has 0 bridgehead atoms. The maximum absolute atomic E-state index is 11.8. The van der Waals surface area contributed by atoms with Gasteiger partial charge in [-0.25, -0.2) is 0 Å². The van der Waals surface area contributed by atoms with E-state index in [9.17, 15) is 4.79 Å². The van der Waals surface area contributed by atoms with Crippen molar-refractivity contribution in [3.8, 4) is 0 Å². The average Bonchev–Trinajstić information content (AvgIpc) is 2.50. The first kappa shape index (κ1) is 11.7. The third kappa shape index (κ3) is 3.11. The molecule has 0 aliphatic heterocycles. The van der Waals surface area contributed by atoms with Crippen LogP contribution in [0.3, 0.4) is 0 Å². The van der Waals surface area contributed by atoms with Gasteiger partial charge in [-0.05, 0) is 37.0 Å². The van der Waals surface area contributed by atoms with Crippen LogP contribution in [0.1, 0.15) is 53.4 Å². The van der Waals surface area contributed by atoms with E-state index in [1.54, 1.807) is 0 Å². The van der Waals surface area contributed by atoms with Crippen molar-refractivity contribution in [1.82, 2.24) is 0 Å². The van der Waals surface area contributed by atoms with Crippen molar-refractivity contribution in [3.63, 3.8) is 0 Å². The van der Waals surface area contributed by atoms with Crippen LogP contribution in [0.5, 0.6) is 0 Å². The molecule has 1 aliphatic carbocycles. The highest BCUT2D eigenvalue weighted by atomic mass is 16.1. The van der Waals surface area contributed by atoms with Gasteiger partial charge >= 0.3 is 0 Å². The molecular formula is C13H24O. The number of hydrogen-bond acceptors (Lipinski definition) is 1. The molecular weight excluding hydrogens is 172 g/mol. The molecule has 14 heavy (non-hydrogen) atoms. The van der Waals surface area contributed by atoms with Gasteiger partial charge < -0.3 is 0 Å². The van der Waals surface area contributed by atoms with E-state index in [0.717, 1.165) is 31.1 Å². The lowest BCUT2D eigenvalue weighted by atomic mass is 9.90. The fourth-order valence-electron chi connectivity index (χ4n) is 2.48. The zero-order chi connectivity index (χ0) is 10.7. The Bertz CT molecular complexity index is 193. The molecule has 0 amide bonds. The first-order valence-electron chi connectivity index (χ1n) is 6.03. The standard InChI is InChI=1S/C13H24O/c1-9(2)7-13(14)12-6-5-11(8-12)10(3)4/h9-12H,5-8H2,1-4H3. The molecule has 1 fully saturated rings. The Hall–Kier alpha value is -0.330. The maximum Gasteiger partial charge on any atom is 0.136 e. The van der Waals surface area contributed by atoms with E-state index >= 15 is 0 Å². The van der Waals surface area contributed by atoms with Gasteiger partial charge in [0.15, 0.2) is 0 Å². The summed E-state index contributed by atoms with van der Waals surface area (Å²) >= 11 is 0. The molecule has 0 heterocycles. The topological polar surface area (TPSA) is 17.1 Å². The van der Waals surface area contributed by atoms with Gasteiger partial charge in [-0.1, -0.05) is 27.7 Å². The fraction of sp³-hybridized carbons (Fsp3) is 0.923. The predicted molar refractivity (Wildman–Crippen MR) is 60.1 cm³/mol. The number of ketones is 1. The quantitative estimate of drug-likeness (QED) is 0.670. The second-order valence-electron chi connectivity index (χ2n) is 5.58. The molecule has 1 saturated carbocycles. The Morgan fingerprint density at radius 1 is 1.21 bits per heavy atom. The van der Waals surface area contributed by atoms with E-state index in [2.05, 4.69) is 27.7 Å². The zero-order valence-electron chi connectivity index (χ0n) is 10.0. The highest BCUT2D eigenvalue weighted by Gasteiger charge is 2.30. The molecule has 1 heteroatoms. The van der Waals surface area contributed by atoms with Crippen molar-refractivity contribution in [2.45, 2.75) is 53.4 Å². The van der Waals surface area contributed by atoms with Crippen LogP contribution in [0, 0.1) is 23.7 Å². The van der Waals surface area contributed by atoms with Gasteiger partial charge in [0, 0.05) is 12.3 Å². The predicted octanol–water partition coefficient (Wildman–Crippen LogP) is 3.67. The van der Waals surface area contributed by atoms with Crippen LogP contribution in [0.2, 0.25) is 0 Å². The Labute approximate surface area is 88.3 Å². The van der Waals surface area contributed by atoms with E-state index < -0.39 is 0 Å². The Balaban J connectivity index is 2.38. The van der Waals surface area contributed by atoms with E-state index in [-0.39, 0.29) is 0 Å². The van der Waals surface area contributed by atoms with Crippen molar-refractivity contribution < 1.29 is 4.79 Å². The molecule has 0 N–H and O–H groups in total. The van der Waals surface area contributed by atoms with E-state index in [1.165, 1.54) is 6.42 Å². The van der Waals surface area contributed by atoms with Crippen LogP contribution in [0.15, 0.2) is 0 Å². The second-order valence-corrected chi connectivity index (χ2v) is 5.58. The monoisotopic (exact) mass is 196 g/mol. The summed E-state index contributed by atoms with van der Waals surface area (Å²) < 4.78 is 0. The number of carbonyl (C=O) groups is 1. The van der Waals surface area contributed by atoms with E-state index in [4.69, 9.17) is 0 Å². The highest BCUT2D eigenvalue weighted by molar-refractivity contribution is 5.81. The third-order valence-electron chi connectivity index (χ3n) is 3.48. The van der Waals surface area contributed by atoms with Gasteiger partial charge in [-0.15, -0.1) is 0 Å². The molecule has 1 nitrogen and oxygen atoms in total. The molecule has 0 aromatic heterocycles. The first-order valence-corrected chi connectivity index (χ1v) is 6.03. The lowest BCUT2D eigenvalue weighted by Crippen LogP contribution is -2.14. The van der Waals surface area contributed by atoms with Gasteiger partial charge in [0.2, 0.25) is 0 Å². The van der Waals surface area contributed by atoms with Crippen LogP contribution in [-0.2, 0) is 4.79 Å². The molecule has 0 aromatic rings. The summed E-state index contributed by atoms with van der Waals surface area (Å²) in [5.74, 6) is 3.00. The Morgan fingerprint density at radius 3 is 2.29 bits per heavy atom. The lowest BCUT2D eigenvalue weighted by Gasteiger charge is -2.14. The summed E-state index contributed by atoms with van der Waals surface area (Å²) in [6.07, 6.45) is 4.36. The van der Waals surface area contributed by atoms with Crippen molar-refractivity contribution in [1.29, 1.82) is 0 Å². The number of hydrogen-bond donors (Lipinski definition) is 0. The minimum atomic E-state index is 0.393. The van der Waals surface area contributed by atoms with Gasteiger partial charge in [0.05, 0.1) is 0 Å². The van der Waals surface area contributed by atoms with E-state index in [1.807, 2.05) is 0 Å². The van der Waals surface area contributed by atoms with E-state index in [0.29, 0.717) is 17.6 Å². The average molecular weight is 196 g/mol. The molecule has 82 valence electrons. The number of carbonyl (C=O) groups excluding carboxylic acids is 1. The Kier molecular flexibility index (Phi) is 4.15. The van der Waals surface area contributed by atoms with Crippen molar-refractivity contribution in [2.75, 3.05) is 0 Å². The second kappa shape index (κ2) is 4.95. The van der Waals surface area contributed by atoms with Gasteiger partial charge in [0.1, 0.15) is 5.78 Å². The SMILES string of the molecule is CC(C)CC(=O)C1CCC(C(C)C)C1. The van der Waals surface area contributed by atoms with Crippen LogP contribution < -0.4 is 0 Å². The summed E-state index contributed by atoms with van der Waals surface area (Å²) in [5, 5.41) is 0. The molecule has 1 rings (SSSR count). The molecule has 0 radical (unpaired) electrons. The van der Waals surface area contributed by atoms with Crippen LogP contribution in [-0.4, -0.2) is 5.78 Å². The molecule has 0 aromatic carbocycles. The van der Waals surface area contributed by atoms with Gasteiger partial charge in [-0.3, -0.25) is 4.79 Å². The third-order valence-corrected chi connectivity index (χ3v) is 3.48. The summed E-state index contributed by atoms with van der Waals surface area (Å²) in [4.78, 5) is 11.8. The number of Topliss-reactive ketones (excluding diaryl/α,β-unsaturated/α-hetero) is 1. The molecule has 1 aliphatic rings. The molecule has 2 atom stereocenters. The molecule has 2 unspecified atom stereocenters. The summed E-state index contributed by atoms with van der Waals surface area (Å²) in [5.41, 5.74) is 0. The van der Waals surface area contributed by atoms with Crippen LogP contribution >= 0.6 is 0 Å². The van der Waals surface area contributed by atoms with Gasteiger partial charge in [0.25, 0.3) is 0 Å².